The standard InChI is InChI=1S/C27H37F3N4O2S/c1-26(2,3)16-31-22-15-18(14-21(34-22)27(28,29)30)23-20(13-17-7-5-4-6-8-17)33-25(37-23)24(35)32-19-9-11-36-12-10-19/h14-15,17,19H,4-13,16H2,1-3H3,(H,31,34)(H,32,35). The lowest BCUT2D eigenvalue weighted by Gasteiger charge is -2.22. The molecule has 2 fully saturated rings. The Bertz CT molecular complexity index is 1070. The van der Waals surface area contributed by atoms with Gasteiger partial charge in [0, 0.05) is 25.8 Å². The Kier molecular flexibility index (Phi) is 8.78. The fraction of sp³-hybridized carbons (Fsp3) is 0.667. The number of nitrogens with one attached hydrogen (secondary N) is 2. The minimum atomic E-state index is -4.59. The van der Waals surface area contributed by atoms with Gasteiger partial charge in [0.2, 0.25) is 0 Å². The van der Waals surface area contributed by atoms with E-state index in [1.807, 2.05) is 20.8 Å². The SMILES string of the molecule is CC(C)(C)CNc1cc(-c2sc(C(=O)NC3CCOCC3)nc2CC2CCCCC2)cc(C(F)(F)F)n1. The average Bonchev–Trinajstić information content (AvgIpc) is 3.27. The second-order valence-electron chi connectivity index (χ2n) is 11.4. The number of carbonyl (C=O) groups is 1. The number of halogens is 3. The lowest BCUT2D eigenvalue weighted by molar-refractivity contribution is -0.141. The third-order valence-electron chi connectivity index (χ3n) is 6.83. The van der Waals surface area contributed by atoms with Gasteiger partial charge in [-0.15, -0.1) is 11.3 Å². The summed E-state index contributed by atoms with van der Waals surface area (Å²) in [5, 5.41) is 6.41. The van der Waals surface area contributed by atoms with Gasteiger partial charge in [-0.3, -0.25) is 4.79 Å². The quantitative estimate of drug-likeness (QED) is 0.410. The van der Waals surface area contributed by atoms with E-state index < -0.39 is 11.9 Å². The Morgan fingerprint density at radius 1 is 1.05 bits per heavy atom. The van der Waals surface area contributed by atoms with Gasteiger partial charge in [0.15, 0.2) is 5.01 Å². The van der Waals surface area contributed by atoms with Crippen molar-refractivity contribution in [1.29, 1.82) is 0 Å². The van der Waals surface area contributed by atoms with Crippen molar-refractivity contribution in [3.63, 3.8) is 0 Å². The molecule has 0 unspecified atom stereocenters. The maximum Gasteiger partial charge on any atom is 0.433 e. The second-order valence-corrected chi connectivity index (χ2v) is 12.4. The van der Waals surface area contributed by atoms with Crippen LogP contribution in [0.1, 0.15) is 86.9 Å². The number of hydrogen-bond donors (Lipinski definition) is 2. The van der Waals surface area contributed by atoms with Crippen LogP contribution in [0.25, 0.3) is 10.4 Å². The molecule has 1 aliphatic heterocycles. The summed E-state index contributed by atoms with van der Waals surface area (Å²) in [6, 6.07) is 2.75. The van der Waals surface area contributed by atoms with Gasteiger partial charge >= 0.3 is 6.18 Å². The highest BCUT2D eigenvalue weighted by atomic mass is 32.1. The van der Waals surface area contributed by atoms with Crippen molar-refractivity contribution in [3.8, 4) is 10.4 Å². The van der Waals surface area contributed by atoms with Crippen LogP contribution in [0.4, 0.5) is 19.0 Å². The highest BCUT2D eigenvalue weighted by molar-refractivity contribution is 7.17. The molecule has 1 aliphatic carbocycles. The van der Waals surface area contributed by atoms with Gasteiger partial charge in [0.05, 0.1) is 10.6 Å². The molecular weight excluding hydrogens is 501 g/mol. The van der Waals surface area contributed by atoms with Gasteiger partial charge in [-0.1, -0.05) is 52.9 Å². The van der Waals surface area contributed by atoms with Gasteiger partial charge in [-0.2, -0.15) is 13.2 Å². The van der Waals surface area contributed by atoms with Crippen LogP contribution in [0, 0.1) is 11.3 Å². The number of carbonyl (C=O) groups excluding carboxylic acids is 1. The largest absolute Gasteiger partial charge is 0.433 e. The minimum absolute atomic E-state index is 0.0151. The molecule has 1 amide bonds. The number of nitrogens with zero attached hydrogens (tertiary/aromatic N) is 2. The summed E-state index contributed by atoms with van der Waals surface area (Å²) in [4.78, 5) is 22.3. The summed E-state index contributed by atoms with van der Waals surface area (Å²) in [7, 11) is 0. The van der Waals surface area contributed by atoms with Crippen LogP contribution in [0.5, 0.6) is 0 Å². The number of hydrogen-bond acceptors (Lipinski definition) is 6. The van der Waals surface area contributed by atoms with Gasteiger partial charge in [0.25, 0.3) is 5.91 Å². The van der Waals surface area contributed by atoms with E-state index in [9.17, 15) is 18.0 Å². The molecule has 0 atom stereocenters. The zero-order valence-electron chi connectivity index (χ0n) is 21.8. The molecule has 2 aliphatic rings. The first-order chi connectivity index (χ1) is 17.5. The first-order valence-electron chi connectivity index (χ1n) is 13.2. The van der Waals surface area contributed by atoms with Crippen LogP contribution in [0.15, 0.2) is 12.1 Å². The van der Waals surface area contributed by atoms with Crippen molar-refractivity contribution < 1.29 is 22.7 Å². The Morgan fingerprint density at radius 2 is 1.76 bits per heavy atom. The van der Waals surface area contributed by atoms with Crippen molar-refractivity contribution in [3.05, 3.63) is 28.5 Å². The minimum Gasteiger partial charge on any atom is -0.381 e. The monoisotopic (exact) mass is 538 g/mol. The van der Waals surface area contributed by atoms with Crippen LogP contribution in [-0.2, 0) is 17.3 Å². The van der Waals surface area contributed by atoms with Crippen molar-refractivity contribution in [2.24, 2.45) is 11.3 Å². The third-order valence-corrected chi connectivity index (χ3v) is 7.98. The van der Waals surface area contributed by atoms with Crippen LogP contribution >= 0.6 is 11.3 Å². The Balaban J connectivity index is 1.69. The molecular formula is C27H37F3N4O2S. The van der Waals surface area contributed by atoms with E-state index in [-0.39, 0.29) is 23.2 Å². The number of thiazole rings is 1. The fourth-order valence-electron chi connectivity index (χ4n) is 4.82. The molecule has 37 heavy (non-hydrogen) atoms. The summed E-state index contributed by atoms with van der Waals surface area (Å²) >= 11 is 1.17. The summed E-state index contributed by atoms with van der Waals surface area (Å²) in [5.74, 6) is 0.317. The van der Waals surface area contributed by atoms with Gasteiger partial charge < -0.3 is 15.4 Å². The molecule has 0 aromatic carbocycles. The molecule has 10 heteroatoms. The summed E-state index contributed by atoms with van der Waals surface area (Å²) in [6.45, 7) is 7.68. The molecule has 6 nitrogen and oxygen atoms in total. The summed E-state index contributed by atoms with van der Waals surface area (Å²) < 4.78 is 46.9. The number of alkyl halides is 3. The number of amides is 1. The molecule has 4 rings (SSSR count). The molecule has 0 radical (unpaired) electrons. The lowest BCUT2D eigenvalue weighted by Crippen LogP contribution is -2.38. The Labute approximate surface area is 220 Å². The molecule has 1 saturated heterocycles. The van der Waals surface area contributed by atoms with Gasteiger partial charge in [0.1, 0.15) is 11.5 Å². The lowest BCUT2D eigenvalue weighted by atomic mass is 9.85. The zero-order valence-corrected chi connectivity index (χ0v) is 22.7. The number of aromatic nitrogens is 2. The second kappa shape index (κ2) is 11.7. The van der Waals surface area contributed by atoms with E-state index in [0.717, 1.165) is 44.6 Å². The van der Waals surface area contributed by atoms with Crippen molar-refractivity contribution in [2.75, 3.05) is 25.1 Å². The van der Waals surface area contributed by atoms with Crippen LogP contribution in [-0.4, -0.2) is 41.7 Å². The normalized spacial score (nSPS) is 18.1. The Morgan fingerprint density at radius 3 is 2.41 bits per heavy atom. The molecule has 0 spiro atoms. The van der Waals surface area contributed by atoms with Gasteiger partial charge in [-0.05, 0) is 48.3 Å². The molecule has 2 aromatic heterocycles. The molecule has 1 saturated carbocycles. The van der Waals surface area contributed by atoms with Crippen molar-refractivity contribution >= 4 is 23.1 Å². The van der Waals surface area contributed by atoms with E-state index in [0.29, 0.717) is 53.2 Å². The third kappa shape index (κ3) is 7.89. The van der Waals surface area contributed by atoms with E-state index in [1.54, 1.807) is 6.07 Å². The smallest absolute Gasteiger partial charge is 0.381 e. The highest BCUT2D eigenvalue weighted by Gasteiger charge is 2.34. The Hall–Kier alpha value is -2.20. The molecule has 3 heterocycles. The fourth-order valence-corrected chi connectivity index (χ4v) is 5.80. The average molecular weight is 539 g/mol. The van der Waals surface area contributed by atoms with Crippen LogP contribution in [0.3, 0.4) is 0 Å². The maximum atomic E-state index is 13.8. The van der Waals surface area contributed by atoms with Crippen LogP contribution < -0.4 is 10.6 Å². The molecule has 0 bridgehead atoms. The molecule has 2 aromatic rings. The number of pyridine rings is 1. The molecule has 2 N–H and O–H groups in total. The number of anilines is 1. The van der Waals surface area contributed by atoms with Crippen molar-refractivity contribution in [2.45, 2.75) is 84.4 Å². The number of ether oxygens (including phenoxy) is 1. The van der Waals surface area contributed by atoms with E-state index in [1.165, 1.54) is 17.8 Å². The maximum absolute atomic E-state index is 13.8. The number of rotatable bonds is 7. The van der Waals surface area contributed by atoms with E-state index in [4.69, 9.17) is 9.72 Å². The van der Waals surface area contributed by atoms with Gasteiger partial charge in [-0.25, -0.2) is 9.97 Å². The van der Waals surface area contributed by atoms with Crippen LogP contribution in [0.2, 0.25) is 0 Å². The first-order valence-corrected chi connectivity index (χ1v) is 14.0. The highest BCUT2D eigenvalue weighted by Crippen LogP contribution is 2.39. The topological polar surface area (TPSA) is 76.1 Å². The first kappa shape index (κ1) is 27.8. The van der Waals surface area contributed by atoms with Crippen molar-refractivity contribution in [1.82, 2.24) is 15.3 Å². The molecule has 204 valence electrons. The predicted octanol–water partition coefficient (Wildman–Crippen LogP) is 6.71. The predicted molar refractivity (Wildman–Crippen MR) is 140 cm³/mol. The summed E-state index contributed by atoms with van der Waals surface area (Å²) in [5.41, 5.74) is 0.0104. The summed E-state index contributed by atoms with van der Waals surface area (Å²) in [6.07, 6.45) is 3.19. The zero-order chi connectivity index (χ0) is 26.6. The van der Waals surface area contributed by atoms with E-state index in [2.05, 4.69) is 15.6 Å². The van der Waals surface area contributed by atoms with E-state index >= 15 is 0 Å².